The Hall–Kier alpha value is -5.47. The van der Waals surface area contributed by atoms with Crippen LogP contribution in [0.25, 0.3) is 32.8 Å². The third kappa shape index (κ3) is 6.02. The van der Waals surface area contributed by atoms with E-state index in [2.05, 4.69) is 26.9 Å². The van der Waals surface area contributed by atoms with Crippen molar-refractivity contribution in [3.63, 3.8) is 0 Å². The second kappa shape index (κ2) is 12.6. The Morgan fingerprint density at radius 3 is 2.42 bits per heavy atom. The van der Waals surface area contributed by atoms with Crippen molar-refractivity contribution in [3.8, 4) is 27.9 Å². The first-order chi connectivity index (χ1) is 23.2. The lowest BCUT2D eigenvalue weighted by atomic mass is 9.97. The SMILES string of the molecule is [C-]#[N+]c1c(C2CC2)cc(C(=O)Cc2ccc(-c3cc(-c4cnn(C5CCN(C)CC5)c4)cnc3N)c(F)c2)c(=O)n1-c1ccc(F)cc1. The van der Waals surface area contributed by atoms with E-state index in [1.165, 1.54) is 41.0 Å². The van der Waals surface area contributed by atoms with Crippen molar-refractivity contribution >= 4 is 17.4 Å². The third-order valence-corrected chi connectivity index (χ3v) is 9.32. The lowest BCUT2D eigenvalue weighted by Crippen LogP contribution is -2.31. The van der Waals surface area contributed by atoms with Crippen molar-refractivity contribution in [1.82, 2.24) is 24.2 Å². The second-order valence-electron chi connectivity index (χ2n) is 12.7. The predicted molar refractivity (Wildman–Crippen MR) is 179 cm³/mol. The first kappa shape index (κ1) is 31.1. The lowest BCUT2D eigenvalue weighted by Gasteiger charge is -2.28. The number of piperidine rings is 1. The number of pyridine rings is 2. The average Bonchev–Trinajstić information content (AvgIpc) is 3.81. The summed E-state index contributed by atoms with van der Waals surface area (Å²) in [7, 11) is 2.12. The van der Waals surface area contributed by atoms with Crippen LogP contribution in [0.5, 0.6) is 0 Å². The molecule has 48 heavy (non-hydrogen) atoms. The summed E-state index contributed by atoms with van der Waals surface area (Å²) in [6.07, 6.45) is 8.89. The van der Waals surface area contributed by atoms with E-state index in [1.807, 2.05) is 10.9 Å². The van der Waals surface area contributed by atoms with Gasteiger partial charge in [-0.1, -0.05) is 18.7 Å². The van der Waals surface area contributed by atoms with Crippen LogP contribution in [0.15, 0.2) is 78.0 Å². The Morgan fingerprint density at radius 1 is 0.979 bits per heavy atom. The number of nitrogens with two attached hydrogens (primary N) is 1. The first-order valence-electron chi connectivity index (χ1n) is 15.9. The molecule has 11 heteroatoms. The lowest BCUT2D eigenvalue weighted by molar-refractivity contribution is 0.0991. The fourth-order valence-corrected chi connectivity index (χ4v) is 6.43. The maximum Gasteiger partial charge on any atom is 0.334 e. The van der Waals surface area contributed by atoms with Gasteiger partial charge in [0.15, 0.2) is 5.78 Å². The van der Waals surface area contributed by atoms with Crippen LogP contribution in [0.3, 0.4) is 0 Å². The van der Waals surface area contributed by atoms with E-state index in [0.717, 1.165) is 49.9 Å². The zero-order chi connectivity index (χ0) is 33.5. The number of carbonyl (C=O) groups is 1. The van der Waals surface area contributed by atoms with Gasteiger partial charge in [0.1, 0.15) is 28.7 Å². The smallest absolute Gasteiger partial charge is 0.334 e. The van der Waals surface area contributed by atoms with Gasteiger partial charge in [-0.15, -0.1) is 0 Å². The number of aromatic nitrogens is 4. The van der Waals surface area contributed by atoms with Crippen LogP contribution in [0.1, 0.15) is 59.1 Å². The van der Waals surface area contributed by atoms with E-state index in [-0.39, 0.29) is 35.1 Å². The largest absolute Gasteiger partial charge is 0.383 e. The minimum Gasteiger partial charge on any atom is -0.383 e. The maximum atomic E-state index is 15.7. The first-order valence-corrected chi connectivity index (χ1v) is 15.9. The van der Waals surface area contributed by atoms with E-state index in [9.17, 15) is 14.0 Å². The predicted octanol–water partition coefficient (Wildman–Crippen LogP) is 6.74. The van der Waals surface area contributed by atoms with Crippen molar-refractivity contribution in [3.05, 3.63) is 123 Å². The summed E-state index contributed by atoms with van der Waals surface area (Å²) in [5.74, 6) is -1.24. The quantitative estimate of drug-likeness (QED) is 0.148. The van der Waals surface area contributed by atoms with Gasteiger partial charge in [0.2, 0.25) is 5.82 Å². The van der Waals surface area contributed by atoms with Gasteiger partial charge in [-0.2, -0.15) is 5.10 Å². The van der Waals surface area contributed by atoms with Gasteiger partial charge in [-0.25, -0.2) is 23.1 Å². The van der Waals surface area contributed by atoms with E-state index in [0.29, 0.717) is 28.4 Å². The standard InChI is InChI=1S/C37H33F2N7O2/c1-41-36-30(23-4-5-23)18-32(37(48)46(36)28-8-6-26(38)7-9-28)34(47)16-22-3-10-29(33(39)15-22)31-17-24(19-42-35(31)40)25-20-43-45(21-25)27-11-13-44(2)14-12-27/h3,6-10,15,17-21,23,27H,4-5,11-14,16H2,2H3,(H2,40,42). The van der Waals surface area contributed by atoms with Crippen LogP contribution < -0.4 is 11.3 Å². The zero-order valence-corrected chi connectivity index (χ0v) is 26.4. The van der Waals surface area contributed by atoms with E-state index < -0.39 is 23.0 Å². The van der Waals surface area contributed by atoms with Crippen molar-refractivity contribution < 1.29 is 13.6 Å². The van der Waals surface area contributed by atoms with Gasteiger partial charge < -0.3 is 15.5 Å². The van der Waals surface area contributed by atoms with Crippen LogP contribution in [-0.2, 0) is 6.42 Å². The molecule has 7 rings (SSSR count). The number of carbonyl (C=O) groups excluding carboxylic acids is 1. The number of hydrogen-bond acceptors (Lipinski definition) is 6. The highest BCUT2D eigenvalue weighted by Crippen LogP contribution is 2.45. The molecule has 3 aromatic heterocycles. The molecule has 1 aliphatic carbocycles. The normalized spacial score (nSPS) is 15.4. The van der Waals surface area contributed by atoms with E-state index in [1.54, 1.807) is 30.6 Å². The molecule has 0 atom stereocenters. The molecule has 0 amide bonds. The molecule has 1 saturated carbocycles. The molecule has 242 valence electrons. The van der Waals surface area contributed by atoms with Gasteiger partial charge in [-0.3, -0.25) is 9.48 Å². The summed E-state index contributed by atoms with van der Waals surface area (Å²) in [5, 5.41) is 4.59. The average molecular weight is 646 g/mol. The monoisotopic (exact) mass is 645 g/mol. The molecule has 2 fully saturated rings. The third-order valence-electron chi connectivity index (χ3n) is 9.32. The Morgan fingerprint density at radius 2 is 1.73 bits per heavy atom. The zero-order valence-electron chi connectivity index (χ0n) is 26.4. The molecule has 2 aromatic carbocycles. The molecular weight excluding hydrogens is 612 g/mol. The molecule has 0 spiro atoms. The number of halogens is 2. The Kier molecular flexibility index (Phi) is 8.19. The van der Waals surface area contributed by atoms with Gasteiger partial charge in [0, 0.05) is 41.1 Å². The fourth-order valence-electron chi connectivity index (χ4n) is 6.43. The number of hydrogen-bond donors (Lipinski definition) is 1. The number of nitrogen functional groups attached to an aromatic ring is 1. The summed E-state index contributed by atoms with van der Waals surface area (Å²) in [6, 6.07) is 13.3. The van der Waals surface area contributed by atoms with Gasteiger partial charge in [0.05, 0.1) is 12.2 Å². The number of Topliss-reactive ketones (excluding diaryl/α,β-unsaturated/α-hetero) is 1. The number of ketones is 1. The molecule has 2 N–H and O–H groups in total. The van der Waals surface area contributed by atoms with Crippen LogP contribution >= 0.6 is 0 Å². The van der Waals surface area contributed by atoms with E-state index >= 15 is 4.39 Å². The molecule has 5 aromatic rings. The summed E-state index contributed by atoms with van der Waals surface area (Å²) >= 11 is 0. The Balaban J connectivity index is 1.16. The maximum absolute atomic E-state index is 15.7. The topological polar surface area (TPSA) is 103 Å². The van der Waals surface area contributed by atoms with Crippen molar-refractivity contribution in [2.45, 2.75) is 44.1 Å². The number of nitrogens with zero attached hydrogens (tertiary/aromatic N) is 6. The Labute approximate surface area is 276 Å². The summed E-state index contributed by atoms with van der Waals surface area (Å²) in [4.78, 5) is 37.5. The number of likely N-dealkylation sites (tertiary alicyclic amines) is 1. The highest BCUT2D eigenvalue weighted by Gasteiger charge is 2.31. The number of rotatable bonds is 8. The minimum atomic E-state index is -0.672. The molecule has 1 saturated heterocycles. The second-order valence-corrected chi connectivity index (χ2v) is 12.7. The highest BCUT2D eigenvalue weighted by molar-refractivity contribution is 5.98. The fraction of sp³-hybridized carbons (Fsp3) is 0.270. The van der Waals surface area contributed by atoms with Crippen LogP contribution in [0.4, 0.5) is 20.4 Å². The number of anilines is 1. The molecule has 0 bridgehead atoms. The van der Waals surface area contributed by atoms with E-state index in [4.69, 9.17) is 12.3 Å². The molecule has 9 nitrogen and oxygen atoms in total. The molecular formula is C37H33F2N7O2. The van der Waals surface area contributed by atoms with Crippen LogP contribution in [0.2, 0.25) is 0 Å². The minimum absolute atomic E-state index is 0.0584. The molecule has 0 unspecified atom stereocenters. The van der Waals surface area contributed by atoms with Crippen molar-refractivity contribution in [2.24, 2.45) is 0 Å². The molecule has 1 aliphatic heterocycles. The summed E-state index contributed by atoms with van der Waals surface area (Å²) in [6.45, 7) is 9.80. The Bertz CT molecular complexity index is 2140. The van der Waals surface area contributed by atoms with Gasteiger partial charge in [0.25, 0.3) is 0 Å². The number of benzene rings is 2. The summed E-state index contributed by atoms with van der Waals surface area (Å²) in [5.41, 5.74) is 8.98. The molecule has 2 aliphatic rings. The van der Waals surface area contributed by atoms with Crippen molar-refractivity contribution in [1.29, 1.82) is 0 Å². The highest BCUT2D eigenvalue weighted by atomic mass is 19.1. The summed E-state index contributed by atoms with van der Waals surface area (Å²) < 4.78 is 32.5. The van der Waals surface area contributed by atoms with Crippen LogP contribution in [0, 0.1) is 18.2 Å². The van der Waals surface area contributed by atoms with Crippen molar-refractivity contribution in [2.75, 3.05) is 25.9 Å². The van der Waals surface area contributed by atoms with Crippen LogP contribution in [-0.4, -0.2) is 50.2 Å². The van der Waals surface area contributed by atoms with Gasteiger partial charge >= 0.3 is 5.56 Å². The molecule has 0 radical (unpaired) electrons. The van der Waals surface area contributed by atoms with Gasteiger partial charge in [-0.05, 0) is 105 Å². The molecule has 4 heterocycles.